The average Bonchev–Trinajstić information content (AvgIpc) is 3.36. The summed E-state index contributed by atoms with van der Waals surface area (Å²) in [7, 11) is 0. The summed E-state index contributed by atoms with van der Waals surface area (Å²) in [4.78, 5) is 31.1. The molecule has 2 N–H and O–H groups in total. The largest absolute Gasteiger partial charge is 0.480 e. The molecule has 0 fully saturated rings. The normalized spacial score (nSPS) is 12.0. The van der Waals surface area contributed by atoms with Crippen molar-refractivity contribution < 1.29 is 14.7 Å². The summed E-state index contributed by atoms with van der Waals surface area (Å²) in [5.74, 6) is -1.22. The number of hydrogen-bond donors (Lipinski definition) is 2. The van der Waals surface area contributed by atoms with Gasteiger partial charge < -0.3 is 15.3 Å². The van der Waals surface area contributed by atoms with E-state index in [0.29, 0.717) is 18.5 Å². The average molecular weight is 502 g/mol. The molecule has 186 valence electrons. The lowest BCUT2D eigenvalue weighted by Crippen LogP contribution is -2.41. The summed E-state index contributed by atoms with van der Waals surface area (Å²) >= 11 is 1.62. The van der Waals surface area contributed by atoms with E-state index in [-0.39, 0.29) is 11.8 Å². The molecule has 0 saturated heterocycles. The first-order valence-electron chi connectivity index (χ1n) is 12.2. The third kappa shape index (κ3) is 6.10. The zero-order chi connectivity index (χ0) is 25.7. The van der Waals surface area contributed by atoms with Crippen molar-refractivity contribution in [2.24, 2.45) is 5.92 Å². The Labute approximate surface area is 215 Å². The number of nitrogens with one attached hydrogen (secondary N) is 1. The van der Waals surface area contributed by atoms with Crippen LogP contribution in [-0.2, 0) is 11.3 Å². The number of nitrogens with zero attached hydrogens (tertiary/aromatic N) is 2. The molecule has 0 aliphatic heterocycles. The van der Waals surface area contributed by atoms with Crippen molar-refractivity contribution in [1.82, 2.24) is 10.3 Å². The molecule has 0 aliphatic carbocycles. The quantitative estimate of drug-likeness (QED) is 0.270. The molecule has 6 nitrogen and oxygen atoms in total. The standard InChI is InChI=1S/C29H31N3O3S/c1-4-32(29-31-26(18-36-29)24-14-13-21-7-5-6-8-23(21)16-24)17-20-9-11-22(12-10-20)27(33)30-25(28(34)35)15-19(2)3/h5-14,16,18-19,25H,4,15,17H2,1-3H3,(H,30,33)(H,34,35). The third-order valence-corrected chi connectivity index (χ3v) is 6.99. The fourth-order valence-electron chi connectivity index (χ4n) is 4.12. The van der Waals surface area contributed by atoms with Gasteiger partial charge >= 0.3 is 5.97 Å². The molecule has 1 heterocycles. The summed E-state index contributed by atoms with van der Waals surface area (Å²) in [6, 6.07) is 21.1. The highest BCUT2D eigenvalue weighted by Crippen LogP contribution is 2.30. The smallest absolute Gasteiger partial charge is 0.326 e. The molecule has 0 aliphatic rings. The zero-order valence-electron chi connectivity index (χ0n) is 20.8. The molecule has 0 spiro atoms. The maximum atomic E-state index is 12.6. The fraction of sp³-hybridized carbons (Fsp3) is 0.276. The number of carbonyl (C=O) groups excluding carboxylic acids is 1. The van der Waals surface area contributed by atoms with E-state index in [1.165, 1.54) is 10.8 Å². The van der Waals surface area contributed by atoms with Crippen molar-refractivity contribution in [2.45, 2.75) is 39.8 Å². The van der Waals surface area contributed by atoms with Crippen LogP contribution in [0.5, 0.6) is 0 Å². The van der Waals surface area contributed by atoms with E-state index in [1.54, 1.807) is 23.5 Å². The van der Waals surface area contributed by atoms with Crippen LogP contribution in [0.2, 0.25) is 0 Å². The molecule has 3 aromatic carbocycles. The van der Waals surface area contributed by atoms with Crippen molar-refractivity contribution in [3.05, 3.63) is 83.2 Å². The fourth-order valence-corrected chi connectivity index (χ4v) is 5.02. The van der Waals surface area contributed by atoms with Gasteiger partial charge in [0.2, 0.25) is 0 Å². The summed E-state index contributed by atoms with van der Waals surface area (Å²) in [5, 5.41) is 17.5. The predicted octanol–water partition coefficient (Wildman–Crippen LogP) is 6.22. The number of rotatable bonds is 10. The third-order valence-electron chi connectivity index (χ3n) is 6.09. The van der Waals surface area contributed by atoms with Gasteiger partial charge in [-0.15, -0.1) is 11.3 Å². The molecule has 0 saturated carbocycles. The number of anilines is 1. The van der Waals surface area contributed by atoms with Crippen molar-refractivity contribution in [3.63, 3.8) is 0 Å². The molecular formula is C29H31N3O3S. The van der Waals surface area contributed by atoms with Gasteiger partial charge in [0.05, 0.1) is 5.69 Å². The molecule has 0 bridgehead atoms. The van der Waals surface area contributed by atoms with Gasteiger partial charge in [-0.1, -0.05) is 62.4 Å². The van der Waals surface area contributed by atoms with E-state index in [0.717, 1.165) is 28.5 Å². The molecule has 1 unspecified atom stereocenters. The molecule has 1 amide bonds. The number of carboxylic acid groups (broad SMARTS) is 1. The number of carboxylic acids is 1. The van der Waals surface area contributed by atoms with Gasteiger partial charge in [0.1, 0.15) is 6.04 Å². The van der Waals surface area contributed by atoms with E-state index in [9.17, 15) is 14.7 Å². The number of aliphatic carboxylic acids is 1. The maximum Gasteiger partial charge on any atom is 0.326 e. The number of carbonyl (C=O) groups is 2. The van der Waals surface area contributed by atoms with Gasteiger partial charge in [0.25, 0.3) is 5.91 Å². The van der Waals surface area contributed by atoms with Gasteiger partial charge in [-0.3, -0.25) is 4.79 Å². The predicted molar refractivity (Wildman–Crippen MR) is 147 cm³/mol. The first kappa shape index (κ1) is 25.4. The lowest BCUT2D eigenvalue weighted by Gasteiger charge is -2.20. The van der Waals surface area contributed by atoms with Crippen LogP contribution < -0.4 is 10.2 Å². The van der Waals surface area contributed by atoms with Crippen LogP contribution in [0.25, 0.3) is 22.0 Å². The molecule has 4 rings (SSSR count). The highest BCUT2D eigenvalue weighted by atomic mass is 32.1. The summed E-state index contributed by atoms with van der Waals surface area (Å²) in [6.45, 7) is 7.42. The minimum atomic E-state index is -1.02. The molecule has 1 atom stereocenters. The number of amides is 1. The number of hydrogen-bond acceptors (Lipinski definition) is 5. The lowest BCUT2D eigenvalue weighted by atomic mass is 10.0. The Bertz CT molecular complexity index is 1350. The second-order valence-electron chi connectivity index (χ2n) is 9.28. The zero-order valence-corrected chi connectivity index (χ0v) is 21.6. The van der Waals surface area contributed by atoms with E-state index in [4.69, 9.17) is 4.98 Å². The Morgan fingerprint density at radius 2 is 1.75 bits per heavy atom. The van der Waals surface area contributed by atoms with Crippen molar-refractivity contribution >= 4 is 39.1 Å². The SMILES string of the molecule is CCN(Cc1ccc(C(=O)NC(CC(C)C)C(=O)O)cc1)c1nc(-c2ccc3ccccc3c2)cs1. The molecule has 7 heteroatoms. The summed E-state index contributed by atoms with van der Waals surface area (Å²) in [6.07, 6.45) is 0.389. The van der Waals surface area contributed by atoms with Gasteiger partial charge in [-0.25, -0.2) is 9.78 Å². The van der Waals surface area contributed by atoms with Gasteiger partial charge in [0.15, 0.2) is 5.13 Å². The Kier molecular flexibility index (Phi) is 8.00. The van der Waals surface area contributed by atoms with Gasteiger partial charge in [0, 0.05) is 29.6 Å². The van der Waals surface area contributed by atoms with Crippen molar-refractivity contribution in [2.75, 3.05) is 11.4 Å². The van der Waals surface area contributed by atoms with E-state index < -0.39 is 12.0 Å². The van der Waals surface area contributed by atoms with Crippen LogP contribution in [0, 0.1) is 5.92 Å². The molecule has 4 aromatic rings. The van der Waals surface area contributed by atoms with Crippen molar-refractivity contribution in [1.29, 1.82) is 0 Å². The summed E-state index contributed by atoms with van der Waals surface area (Å²) in [5.41, 5.74) is 3.55. The number of aromatic nitrogens is 1. The number of benzene rings is 3. The van der Waals surface area contributed by atoms with Gasteiger partial charge in [-0.05, 0) is 53.8 Å². The minimum Gasteiger partial charge on any atom is -0.480 e. The Morgan fingerprint density at radius 1 is 1.03 bits per heavy atom. The van der Waals surface area contributed by atoms with Crippen LogP contribution in [0.15, 0.2) is 72.1 Å². The monoisotopic (exact) mass is 501 g/mol. The molecule has 36 heavy (non-hydrogen) atoms. The van der Waals surface area contributed by atoms with Crippen LogP contribution in [0.3, 0.4) is 0 Å². The lowest BCUT2D eigenvalue weighted by molar-refractivity contribution is -0.139. The Hall–Kier alpha value is -3.71. The van der Waals surface area contributed by atoms with Crippen LogP contribution in [-0.4, -0.2) is 34.6 Å². The minimum absolute atomic E-state index is 0.168. The maximum absolute atomic E-state index is 12.6. The van der Waals surface area contributed by atoms with E-state index in [1.807, 2.05) is 38.1 Å². The highest BCUT2D eigenvalue weighted by Gasteiger charge is 2.22. The highest BCUT2D eigenvalue weighted by molar-refractivity contribution is 7.14. The topological polar surface area (TPSA) is 82.5 Å². The second kappa shape index (κ2) is 11.4. The van der Waals surface area contributed by atoms with Crippen molar-refractivity contribution in [3.8, 4) is 11.3 Å². The first-order chi connectivity index (χ1) is 17.3. The van der Waals surface area contributed by atoms with E-state index >= 15 is 0 Å². The molecular weight excluding hydrogens is 470 g/mol. The van der Waals surface area contributed by atoms with Crippen LogP contribution in [0.1, 0.15) is 43.1 Å². The van der Waals surface area contributed by atoms with Gasteiger partial charge in [-0.2, -0.15) is 0 Å². The molecule has 1 aromatic heterocycles. The number of fused-ring (bicyclic) bond motifs is 1. The molecule has 0 radical (unpaired) electrons. The summed E-state index contributed by atoms with van der Waals surface area (Å²) < 4.78 is 0. The first-order valence-corrected chi connectivity index (χ1v) is 13.0. The number of thiazole rings is 1. The van der Waals surface area contributed by atoms with Crippen LogP contribution in [0.4, 0.5) is 5.13 Å². The Balaban J connectivity index is 1.43. The van der Waals surface area contributed by atoms with Crippen LogP contribution >= 0.6 is 11.3 Å². The Morgan fingerprint density at radius 3 is 2.42 bits per heavy atom. The van der Waals surface area contributed by atoms with E-state index in [2.05, 4.69) is 52.9 Å². The second-order valence-corrected chi connectivity index (χ2v) is 10.1.